The summed E-state index contributed by atoms with van der Waals surface area (Å²) >= 11 is 0. The number of hydrogen-bond acceptors (Lipinski definition) is 4. The van der Waals surface area contributed by atoms with Crippen LogP contribution in [-0.2, 0) is 0 Å². The van der Waals surface area contributed by atoms with Gasteiger partial charge in [-0.25, -0.2) is 0 Å². The van der Waals surface area contributed by atoms with Crippen molar-refractivity contribution < 1.29 is 14.7 Å². The van der Waals surface area contributed by atoms with Crippen LogP contribution in [0.4, 0.5) is 0 Å². The maximum absolute atomic E-state index is 12.5. The molecule has 20 heavy (non-hydrogen) atoms. The molecule has 0 atom stereocenters. The Labute approximate surface area is 117 Å². The Hall–Kier alpha value is -2.20. The Balaban J connectivity index is 2.58. The Morgan fingerprint density at radius 3 is 2.30 bits per heavy atom. The SMILES string of the molecule is CC(C)=CC1=C(NCCO)C(=O)c2ccccc2C1=O. The van der Waals surface area contributed by atoms with Crippen LogP contribution in [0, 0.1) is 0 Å². The number of Topliss-reactive ketones (excluding diaryl/α,β-unsaturated/α-hetero) is 2. The number of allylic oxidation sites excluding steroid dienone is 4. The summed E-state index contributed by atoms with van der Waals surface area (Å²) in [7, 11) is 0. The van der Waals surface area contributed by atoms with E-state index in [2.05, 4.69) is 5.32 Å². The number of rotatable bonds is 4. The molecule has 0 radical (unpaired) electrons. The van der Waals surface area contributed by atoms with Crippen LogP contribution in [0.3, 0.4) is 0 Å². The number of fused-ring (bicyclic) bond motifs is 1. The predicted octanol–water partition coefficient (Wildman–Crippen LogP) is 1.87. The van der Waals surface area contributed by atoms with E-state index in [0.717, 1.165) is 5.57 Å². The summed E-state index contributed by atoms with van der Waals surface area (Å²) in [6, 6.07) is 6.79. The first-order chi connectivity index (χ1) is 9.56. The minimum Gasteiger partial charge on any atom is -0.395 e. The molecular weight excluding hydrogens is 254 g/mol. The quantitative estimate of drug-likeness (QED) is 0.877. The van der Waals surface area contributed by atoms with Gasteiger partial charge in [-0.05, 0) is 13.8 Å². The number of aliphatic hydroxyl groups excluding tert-OH is 1. The number of benzene rings is 1. The van der Waals surface area contributed by atoms with Crippen LogP contribution in [-0.4, -0.2) is 29.8 Å². The first-order valence-electron chi connectivity index (χ1n) is 6.48. The second kappa shape index (κ2) is 5.84. The van der Waals surface area contributed by atoms with Crippen LogP contribution in [0.15, 0.2) is 47.2 Å². The van der Waals surface area contributed by atoms with Crippen molar-refractivity contribution in [3.8, 4) is 0 Å². The lowest BCUT2D eigenvalue weighted by molar-refractivity contribution is 0.0970. The fourth-order valence-corrected chi connectivity index (χ4v) is 2.18. The molecule has 1 aliphatic rings. The van der Waals surface area contributed by atoms with Gasteiger partial charge in [0.15, 0.2) is 5.78 Å². The van der Waals surface area contributed by atoms with E-state index in [4.69, 9.17) is 5.11 Å². The zero-order valence-corrected chi connectivity index (χ0v) is 11.6. The lowest BCUT2D eigenvalue weighted by atomic mass is 9.86. The number of carbonyl (C=O) groups is 2. The summed E-state index contributed by atoms with van der Waals surface area (Å²) in [4.78, 5) is 25.0. The summed E-state index contributed by atoms with van der Waals surface area (Å²) in [6.07, 6.45) is 1.70. The number of ketones is 2. The first-order valence-corrected chi connectivity index (χ1v) is 6.48. The number of hydrogen-bond donors (Lipinski definition) is 2. The van der Waals surface area contributed by atoms with E-state index in [0.29, 0.717) is 16.7 Å². The molecule has 0 unspecified atom stereocenters. The molecule has 0 spiro atoms. The highest BCUT2D eigenvalue weighted by atomic mass is 16.3. The molecule has 4 heteroatoms. The van der Waals surface area contributed by atoms with Crippen molar-refractivity contribution in [3.63, 3.8) is 0 Å². The van der Waals surface area contributed by atoms with E-state index in [1.165, 1.54) is 0 Å². The molecule has 2 rings (SSSR count). The van der Waals surface area contributed by atoms with Crippen LogP contribution < -0.4 is 5.32 Å². The summed E-state index contributed by atoms with van der Waals surface area (Å²) in [5.74, 6) is -0.372. The van der Waals surface area contributed by atoms with Gasteiger partial charge < -0.3 is 10.4 Å². The number of carbonyl (C=O) groups excluding carboxylic acids is 2. The molecule has 0 heterocycles. The van der Waals surface area contributed by atoms with E-state index in [1.54, 1.807) is 30.3 Å². The molecule has 2 N–H and O–H groups in total. The van der Waals surface area contributed by atoms with Crippen LogP contribution in [0.2, 0.25) is 0 Å². The smallest absolute Gasteiger partial charge is 0.210 e. The van der Waals surface area contributed by atoms with Gasteiger partial charge in [0.1, 0.15) is 0 Å². The van der Waals surface area contributed by atoms with Gasteiger partial charge in [0, 0.05) is 23.2 Å². The fraction of sp³-hybridized carbons (Fsp3) is 0.250. The zero-order chi connectivity index (χ0) is 14.7. The van der Waals surface area contributed by atoms with Crippen LogP contribution >= 0.6 is 0 Å². The molecule has 0 aromatic heterocycles. The second-order valence-electron chi connectivity index (χ2n) is 4.86. The van der Waals surface area contributed by atoms with E-state index in [1.807, 2.05) is 13.8 Å². The van der Waals surface area contributed by atoms with Crippen molar-refractivity contribution in [3.05, 3.63) is 58.3 Å². The molecule has 0 bridgehead atoms. The summed E-state index contributed by atoms with van der Waals surface area (Å²) < 4.78 is 0. The average Bonchev–Trinajstić information content (AvgIpc) is 2.44. The van der Waals surface area contributed by atoms with Gasteiger partial charge in [0.05, 0.1) is 12.3 Å². The summed E-state index contributed by atoms with van der Waals surface area (Å²) in [5, 5.41) is 11.8. The maximum Gasteiger partial charge on any atom is 0.210 e. The van der Waals surface area contributed by atoms with Crippen molar-refractivity contribution in [2.24, 2.45) is 0 Å². The molecule has 0 saturated heterocycles. The lowest BCUT2D eigenvalue weighted by Crippen LogP contribution is -2.31. The largest absolute Gasteiger partial charge is 0.395 e. The molecular formula is C16H17NO3. The third-order valence-corrected chi connectivity index (χ3v) is 3.00. The summed E-state index contributed by atoms with van der Waals surface area (Å²) in [6.45, 7) is 3.87. The Bertz CT molecular complexity index is 622. The Morgan fingerprint density at radius 2 is 1.75 bits per heavy atom. The molecule has 4 nitrogen and oxygen atoms in total. The monoisotopic (exact) mass is 271 g/mol. The highest BCUT2D eigenvalue weighted by molar-refractivity contribution is 6.27. The molecule has 0 saturated carbocycles. The summed E-state index contributed by atoms with van der Waals surface area (Å²) in [5.41, 5.74) is 2.40. The highest BCUT2D eigenvalue weighted by Gasteiger charge is 2.30. The van der Waals surface area contributed by atoms with Crippen molar-refractivity contribution in [2.45, 2.75) is 13.8 Å². The van der Waals surface area contributed by atoms with Gasteiger partial charge >= 0.3 is 0 Å². The molecule has 0 fully saturated rings. The van der Waals surface area contributed by atoms with Crippen molar-refractivity contribution in [1.29, 1.82) is 0 Å². The van der Waals surface area contributed by atoms with Gasteiger partial charge in [-0.15, -0.1) is 0 Å². The molecule has 104 valence electrons. The third kappa shape index (κ3) is 2.56. The normalized spacial score (nSPS) is 14.2. The zero-order valence-electron chi connectivity index (χ0n) is 11.6. The average molecular weight is 271 g/mol. The number of nitrogens with one attached hydrogen (secondary N) is 1. The Kier molecular flexibility index (Phi) is 4.15. The van der Waals surface area contributed by atoms with E-state index < -0.39 is 0 Å². The standard InChI is InChI=1S/C16H17NO3/c1-10(2)9-13-14(17-7-8-18)16(20)12-6-4-3-5-11(12)15(13)19/h3-6,9,17-18H,7-8H2,1-2H3. The minimum absolute atomic E-state index is 0.102. The highest BCUT2D eigenvalue weighted by Crippen LogP contribution is 2.26. The van der Waals surface area contributed by atoms with Gasteiger partial charge in [-0.1, -0.05) is 35.9 Å². The topological polar surface area (TPSA) is 66.4 Å². The van der Waals surface area contributed by atoms with Crippen molar-refractivity contribution in [1.82, 2.24) is 5.32 Å². The van der Waals surface area contributed by atoms with E-state index in [-0.39, 0.29) is 30.4 Å². The molecule has 1 aromatic rings. The van der Waals surface area contributed by atoms with Gasteiger partial charge in [0.2, 0.25) is 5.78 Å². The van der Waals surface area contributed by atoms with E-state index in [9.17, 15) is 9.59 Å². The maximum atomic E-state index is 12.5. The second-order valence-corrected chi connectivity index (χ2v) is 4.86. The van der Waals surface area contributed by atoms with E-state index >= 15 is 0 Å². The molecule has 0 amide bonds. The third-order valence-electron chi connectivity index (χ3n) is 3.00. The fourth-order valence-electron chi connectivity index (χ4n) is 2.18. The van der Waals surface area contributed by atoms with Crippen LogP contribution in [0.25, 0.3) is 0 Å². The first kappa shape index (κ1) is 14.2. The lowest BCUT2D eigenvalue weighted by Gasteiger charge is -2.20. The van der Waals surface area contributed by atoms with Crippen LogP contribution in [0.1, 0.15) is 34.6 Å². The van der Waals surface area contributed by atoms with Gasteiger partial charge in [-0.2, -0.15) is 0 Å². The van der Waals surface area contributed by atoms with Gasteiger partial charge in [0.25, 0.3) is 0 Å². The van der Waals surface area contributed by atoms with Crippen molar-refractivity contribution in [2.75, 3.05) is 13.2 Å². The Morgan fingerprint density at radius 1 is 1.15 bits per heavy atom. The minimum atomic E-state index is -0.207. The van der Waals surface area contributed by atoms with Crippen LogP contribution in [0.5, 0.6) is 0 Å². The molecule has 0 aliphatic heterocycles. The predicted molar refractivity (Wildman–Crippen MR) is 76.6 cm³/mol. The van der Waals surface area contributed by atoms with Crippen molar-refractivity contribution >= 4 is 11.6 Å². The molecule has 1 aliphatic carbocycles. The number of aliphatic hydroxyl groups is 1. The molecule has 1 aromatic carbocycles. The van der Waals surface area contributed by atoms with Gasteiger partial charge in [-0.3, -0.25) is 9.59 Å².